The number of rotatable bonds is 19. The molecule has 0 radical (unpaired) electrons. The Hall–Kier alpha value is -3.33. The number of nitrogens with two attached hydrogens (primary N) is 1. The maximum atomic E-state index is 11.4. The number of alkyl halides is 1. The molecule has 5 rings (SSSR count). The van der Waals surface area contributed by atoms with Gasteiger partial charge in [0, 0.05) is 42.5 Å². The van der Waals surface area contributed by atoms with Crippen molar-refractivity contribution in [1.82, 2.24) is 15.6 Å². The van der Waals surface area contributed by atoms with Crippen LogP contribution in [0.1, 0.15) is 61.1 Å². The number of benzene rings is 2. The SMILES string of the molecule is NC(=O)NC[C@H](O)[C@@H](O)[C@@](O)(CCC(c1ccccc1CNC1(c2cnccc2-c2ccccc2OC2CC2)CC1)C(Cl)CO)[C@H](O)CO. The Morgan fingerprint density at radius 1 is 1.04 bits per heavy atom. The number of aromatic nitrogens is 1. The number of urea groups is 1. The zero-order valence-corrected chi connectivity index (χ0v) is 28.0. The lowest BCUT2D eigenvalue weighted by atomic mass is 9.78. The summed E-state index contributed by atoms with van der Waals surface area (Å²) >= 11 is 6.69. The predicted molar refractivity (Wildman–Crippen MR) is 184 cm³/mol. The summed E-state index contributed by atoms with van der Waals surface area (Å²) in [6.07, 6.45) is 2.08. The molecular weight excluding hydrogens is 652 g/mol. The molecule has 12 nitrogen and oxygen atoms in total. The number of aliphatic hydroxyl groups is 6. The monoisotopic (exact) mass is 698 g/mol. The van der Waals surface area contributed by atoms with Crippen molar-refractivity contribution in [2.75, 3.05) is 19.8 Å². The second-order valence-electron chi connectivity index (χ2n) is 13.2. The van der Waals surface area contributed by atoms with Crippen LogP contribution in [0.3, 0.4) is 0 Å². The lowest BCUT2D eigenvalue weighted by molar-refractivity contribution is -0.188. The van der Waals surface area contributed by atoms with Crippen molar-refractivity contribution >= 4 is 17.6 Å². The topological polar surface area (TPSA) is 211 Å². The summed E-state index contributed by atoms with van der Waals surface area (Å²) in [7, 11) is 0. The van der Waals surface area contributed by atoms with E-state index in [1.54, 1.807) is 6.20 Å². The van der Waals surface area contributed by atoms with Gasteiger partial charge in [0.15, 0.2) is 0 Å². The van der Waals surface area contributed by atoms with Crippen LogP contribution in [0.2, 0.25) is 0 Å². The zero-order chi connectivity index (χ0) is 35.2. The van der Waals surface area contributed by atoms with E-state index in [0.29, 0.717) is 6.54 Å². The number of halogens is 1. The van der Waals surface area contributed by atoms with E-state index >= 15 is 0 Å². The molecule has 13 heteroatoms. The summed E-state index contributed by atoms with van der Waals surface area (Å²) in [5, 5.41) is 68.3. The lowest BCUT2D eigenvalue weighted by Gasteiger charge is -2.39. The van der Waals surface area contributed by atoms with Crippen LogP contribution in [0.25, 0.3) is 11.1 Å². The summed E-state index contributed by atoms with van der Waals surface area (Å²) < 4.78 is 6.25. The molecule has 2 unspecified atom stereocenters. The molecule has 1 aromatic heterocycles. The van der Waals surface area contributed by atoms with E-state index in [2.05, 4.69) is 21.7 Å². The molecule has 2 aliphatic rings. The predicted octanol–water partition coefficient (Wildman–Crippen LogP) is 2.01. The molecule has 2 saturated carbocycles. The van der Waals surface area contributed by atoms with E-state index in [-0.39, 0.29) is 24.5 Å². The largest absolute Gasteiger partial charge is 0.490 e. The molecular formula is C36H47ClN4O8. The summed E-state index contributed by atoms with van der Waals surface area (Å²) in [4.78, 5) is 15.6. The Balaban J connectivity index is 1.37. The van der Waals surface area contributed by atoms with Gasteiger partial charge in [-0.05, 0) is 72.9 Å². The minimum Gasteiger partial charge on any atom is -0.490 e. The van der Waals surface area contributed by atoms with Gasteiger partial charge in [0.25, 0.3) is 0 Å². The number of para-hydroxylation sites is 1. The molecule has 2 fully saturated rings. The van der Waals surface area contributed by atoms with E-state index < -0.39 is 61.0 Å². The van der Waals surface area contributed by atoms with Crippen molar-refractivity contribution in [3.05, 3.63) is 83.7 Å². The Morgan fingerprint density at radius 3 is 2.43 bits per heavy atom. The maximum absolute atomic E-state index is 11.4. The number of aliphatic hydroxyl groups excluding tert-OH is 5. The molecule has 10 N–H and O–H groups in total. The standard InChI is InChI=1S/C36H47ClN4O8/c37-29(20-42)26(11-13-36(48,32(45)21-43)33(46)30(44)19-40-34(38)47)24-6-2-1-5-22(24)17-41-35(14-15-35)28-18-39-16-12-25(28)27-7-3-4-8-31(27)49-23-9-10-23/h1-8,12,16,18,23,26,29-30,32-33,41-46,48H,9-11,13-15,17,19-21H2,(H3,38,40,47)/t26?,29?,30-,32+,33+,36+/m0/s1. The van der Waals surface area contributed by atoms with Crippen LogP contribution in [0.4, 0.5) is 4.79 Å². The molecule has 3 aromatic rings. The highest BCUT2D eigenvalue weighted by Crippen LogP contribution is 2.50. The van der Waals surface area contributed by atoms with Gasteiger partial charge >= 0.3 is 6.03 Å². The quantitative estimate of drug-likeness (QED) is 0.0832. The normalized spacial score (nSPS) is 19.6. The van der Waals surface area contributed by atoms with Gasteiger partial charge in [-0.3, -0.25) is 4.98 Å². The third-order valence-electron chi connectivity index (χ3n) is 9.73. The van der Waals surface area contributed by atoms with Crippen molar-refractivity contribution < 1.29 is 40.2 Å². The minimum atomic E-state index is -2.39. The van der Waals surface area contributed by atoms with E-state index in [0.717, 1.165) is 59.3 Å². The molecule has 2 aliphatic carbocycles. The van der Waals surface area contributed by atoms with Crippen molar-refractivity contribution in [3.8, 4) is 16.9 Å². The van der Waals surface area contributed by atoms with Gasteiger partial charge in [-0.1, -0.05) is 42.5 Å². The fraction of sp³-hybridized carbons (Fsp3) is 0.500. The van der Waals surface area contributed by atoms with Gasteiger partial charge in [-0.2, -0.15) is 0 Å². The Kier molecular flexibility index (Phi) is 12.2. The molecule has 6 atom stereocenters. The first-order valence-corrected chi connectivity index (χ1v) is 17.2. The molecule has 0 spiro atoms. The fourth-order valence-corrected chi connectivity index (χ4v) is 6.78. The van der Waals surface area contributed by atoms with Crippen LogP contribution in [-0.2, 0) is 12.1 Å². The second kappa shape index (κ2) is 16.1. The molecule has 1 heterocycles. The number of pyridine rings is 1. The van der Waals surface area contributed by atoms with Crippen molar-refractivity contribution in [2.45, 2.75) is 91.9 Å². The molecule has 0 bridgehead atoms. The summed E-state index contributed by atoms with van der Waals surface area (Å²) in [6, 6.07) is 16.7. The molecule has 0 aliphatic heterocycles. The van der Waals surface area contributed by atoms with Crippen LogP contribution in [-0.4, -0.2) is 96.8 Å². The number of nitrogens with one attached hydrogen (secondary N) is 2. The van der Waals surface area contributed by atoms with Gasteiger partial charge in [0.05, 0.1) is 24.7 Å². The number of primary amides is 1. The first-order chi connectivity index (χ1) is 23.5. The number of ether oxygens (including phenoxy) is 1. The first-order valence-electron chi connectivity index (χ1n) is 16.7. The number of hydrogen-bond acceptors (Lipinski definition) is 10. The van der Waals surface area contributed by atoms with E-state index in [9.17, 15) is 35.4 Å². The molecule has 2 amide bonds. The number of nitrogens with zero attached hydrogens (tertiary/aromatic N) is 1. The highest BCUT2D eigenvalue weighted by Gasteiger charge is 2.47. The first kappa shape index (κ1) is 36.9. The Bertz CT molecular complexity index is 1560. The number of amides is 2. The van der Waals surface area contributed by atoms with Crippen LogP contribution < -0.4 is 21.1 Å². The van der Waals surface area contributed by atoms with Gasteiger partial charge in [-0.25, -0.2) is 4.79 Å². The Morgan fingerprint density at radius 2 is 1.76 bits per heavy atom. The van der Waals surface area contributed by atoms with E-state index in [1.807, 2.05) is 54.7 Å². The van der Waals surface area contributed by atoms with Crippen LogP contribution >= 0.6 is 11.6 Å². The molecule has 0 saturated heterocycles. The molecule has 49 heavy (non-hydrogen) atoms. The smallest absolute Gasteiger partial charge is 0.312 e. The van der Waals surface area contributed by atoms with Crippen molar-refractivity contribution in [3.63, 3.8) is 0 Å². The second-order valence-corrected chi connectivity index (χ2v) is 13.7. The fourth-order valence-electron chi connectivity index (χ4n) is 6.52. The van der Waals surface area contributed by atoms with E-state index in [1.165, 1.54) is 0 Å². The van der Waals surface area contributed by atoms with Crippen LogP contribution in [0, 0.1) is 0 Å². The lowest BCUT2D eigenvalue weighted by Crippen LogP contribution is -2.60. The number of carbonyl (C=O) groups excluding carboxylic acids is 1. The van der Waals surface area contributed by atoms with Gasteiger partial charge in [0.1, 0.15) is 29.7 Å². The summed E-state index contributed by atoms with van der Waals surface area (Å²) in [5.41, 5.74) is 7.17. The summed E-state index contributed by atoms with van der Waals surface area (Å²) in [6.45, 7) is -1.36. The molecule has 2 aromatic carbocycles. The molecule has 266 valence electrons. The average Bonchev–Trinajstić information content (AvgIpc) is 4.07. The van der Waals surface area contributed by atoms with Gasteiger partial charge in [-0.15, -0.1) is 11.6 Å². The zero-order valence-electron chi connectivity index (χ0n) is 27.3. The van der Waals surface area contributed by atoms with Gasteiger partial charge in [0.2, 0.25) is 0 Å². The van der Waals surface area contributed by atoms with E-state index in [4.69, 9.17) is 22.1 Å². The average molecular weight is 699 g/mol. The maximum Gasteiger partial charge on any atom is 0.312 e. The van der Waals surface area contributed by atoms with Crippen molar-refractivity contribution in [2.24, 2.45) is 5.73 Å². The third kappa shape index (κ3) is 8.70. The number of carbonyl (C=O) groups is 1. The highest BCUT2D eigenvalue weighted by atomic mass is 35.5. The van der Waals surface area contributed by atoms with Crippen molar-refractivity contribution in [1.29, 1.82) is 0 Å². The van der Waals surface area contributed by atoms with Crippen LogP contribution in [0.5, 0.6) is 5.75 Å². The number of hydrogen-bond donors (Lipinski definition) is 9. The van der Waals surface area contributed by atoms with Crippen LogP contribution in [0.15, 0.2) is 67.0 Å². The highest BCUT2D eigenvalue weighted by molar-refractivity contribution is 6.21. The minimum absolute atomic E-state index is 0.0575. The third-order valence-corrected chi connectivity index (χ3v) is 10.2. The summed E-state index contributed by atoms with van der Waals surface area (Å²) in [5.74, 6) is 0.289. The van der Waals surface area contributed by atoms with Gasteiger partial charge < -0.3 is 51.7 Å². The Labute approximate surface area is 290 Å².